The fraction of sp³-hybridized carbons (Fsp3) is 0.273. The van der Waals surface area contributed by atoms with Gasteiger partial charge < -0.3 is 15.4 Å². The highest BCUT2D eigenvalue weighted by Gasteiger charge is 2.34. The first-order chi connectivity index (χ1) is 16.7. The molecule has 0 unspecified atom stereocenters. The lowest BCUT2D eigenvalue weighted by Gasteiger charge is -2.23. The number of benzene rings is 1. The number of likely N-dealkylation sites (tertiary alicyclic amines) is 1. The molecule has 2 aromatic rings. The fourth-order valence-corrected chi connectivity index (χ4v) is 5.02. The Hall–Kier alpha value is -2.86. The third-order valence-electron chi connectivity index (χ3n) is 5.03. The van der Waals surface area contributed by atoms with Gasteiger partial charge in [-0.1, -0.05) is 41.9 Å². The van der Waals surface area contributed by atoms with Crippen LogP contribution in [0.25, 0.3) is 0 Å². The predicted molar refractivity (Wildman–Crippen MR) is 135 cm³/mol. The Morgan fingerprint density at radius 2 is 1.80 bits per heavy atom. The number of halogens is 2. The summed E-state index contributed by atoms with van der Waals surface area (Å²) in [5.74, 6) is -0.807. The Balaban J connectivity index is 1.58. The van der Waals surface area contributed by atoms with Crippen LogP contribution in [-0.4, -0.2) is 61.8 Å². The van der Waals surface area contributed by atoms with Crippen LogP contribution in [0, 0.1) is 0 Å². The molecular weight excluding hydrogens is 537 g/mol. The van der Waals surface area contributed by atoms with Gasteiger partial charge in [0.05, 0.1) is 37.3 Å². The van der Waals surface area contributed by atoms with E-state index in [0.29, 0.717) is 19.8 Å². The molecule has 1 saturated heterocycles. The zero-order valence-electron chi connectivity index (χ0n) is 18.3. The maximum atomic E-state index is 12.6. The van der Waals surface area contributed by atoms with Gasteiger partial charge in [0, 0.05) is 19.5 Å². The molecule has 0 saturated carbocycles. The molecule has 13 heteroatoms. The summed E-state index contributed by atoms with van der Waals surface area (Å²) in [4.78, 5) is 39.4. The van der Waals surface area contributed by atoms with Crippen LogP contribution in [0.4, 0.5) is 4.79 Å². The van der Waals surface area contributed by atoms with Crippen molar-refractivity contribution in [1.82, 2.24) is 15.5 Å². The molecular formula is C22H21Cl2N3O6S2. The number of thiophene rings is 1. The van der Waals surface area contributed by atoms with Crippen molar-refractivity contribution in [2.75, 3.05) is 19.7 Å². The smallest absolute Gasteiger partial charge is 0.410 e. The van der Waals surface area contributed by atoms with Crippen molar-refractivity contribution in [3.63, 3.8) is 0 Å². The van der Waals surface area contributed by atoms with Crippen molar-refractivity contribution in [3.8, 4) is 0 Å². The summed E-state index contributed by atoms with van der Waals surface area (Å²) in [6.07, 6.45) is 0.796. The second-order valence-corrected chi connectivity index (χ2v) is 10.4. The molecule has 0 radical (unpaired) electrons. The molecule has 1 atom stereocenters. The van der Waals surface area contributed by atoms with Gasteiger partial charge in [-0.2, -0.15) is 8.42 Å². The standard InChI is InChI=1S/C22H21Cl2N3O6S2/c1-2-7-33-22(30)27-12-15(35(31)32)9-14(27)11-26-21(29)19-6-5-18(34-19)20(28)25-10-13-3-4-16(23)17(24)8-13/h2-6,8,14H,1,7,9-12H2,(H,25,28)(H,26,29)/t14-/m0/s1. The van der Waals surface area contributed by atoms with Gasteiger partial charge in [0.1, 0.15) is 6.61 Å². The number of carbonyl (C=O) groups excluding carboxylic acids is 3. The van der Waals surface area contributed by atoms with E-state index in [9.17, 15) is 22.8 Å². The monoisotopic (exact) mass is 557 g/mol. The van der Waals surface area contributed by atoms with E-state index in [1.165, 1.54) is 23.1 Å². The molecule has 1 aromatic heterocycles. The predicted octanol–water partition coefficient (Wildman–Crippen LogP) is 3.16. The van der Waals surface area contributed by atoms with Crippen LogP contribution in [0.2, 0.25) is 10.0 Å². The van der Waals surface area contributed by atoms with E-state index in [-0.39, 0.29) is 43.4 Å². The Morgan fingerprint density at radius 1 is 1.11 bits per heavy atom. The molecule has 1 fully saturated rings. The van der Waals surface area contributed by atoms with Crippen LogP contribution < -0.4 is 10.6 Å². The average Bonchev–Trinajstić information content (AvgIpc) is 3.49. The minimum Gasteiger partial charge on any atom is -0.445 e. The molecule has 1 aliphatic rings. The van der Waals surface area contributed by atoms with E-state index >= 15 is 0 Å². The third kappa shape index (κ3) is 7.07. The van der Waals surface area contributed by atoms with Crippen LogP contribution in [0.15, 0.2) is 43.0 Å². The summed E-state index contributed by atoms with van der Waals surface area (Å²) >= 11 is 12.9. The zero-order valence-corrected chi connectivity index (χ0v) is 21.4. The Labute approximate surface area is 217 Å². The van der Waals surface area contributed by atoms with Crippen molar-refractivity contribution in [2.24, 2.45) is 0 Å². The first-order valence-electron chi connectivity index (χ1n) is 10.3. The third-order valence-corrected chi connectivity index (χ3v) is 7.62. The number of carbonyl (C=O) groups is 3. The number of rotatable bonds is 8. The van der Waals surface area contributed by atoms with Crippen molar-refractivity contribution in [3.05, 3.63) is 68.3 Å². The molecule has 1 aliphatic heterocycles. The van der Waals surface area contributed by atoms with Gasteiger partial charge in [0.25, 0.3) is 11.8 Å². The summed E-state index contributed by atoms with van der Waals surface area (Å²) in [5.41, 5.74) is 0.769. The zero-order chi connectivity index (χ0) is 25.5. The van der Waals surface area contributed by atoms with Crippen molar-refractivity contribution >= 4 is 67.6 Å². The molecule has 35 heavy (non-hydrogen) atoms. The fourth-order valence-electron chi connectivity index (χ4n) is 3.29. The highest BCUT2D eigenvalue weighted by atomic mass is 35.5. The SMILES string of the molecule is C=CCOC(=O)N1CC(=S(=O)=O)C[C@H]1CNC(=O)c1ccc(C(=O)NCc2ccc(Cl)c(Cl)c2)s1. The molecule has 1 aromatic carbocycles. The van der Waals surface area contributed by atoms with E-state index in [1.807, 2.05) is 0 Å². The van der Waals surface area contributed by atoms with E-state index < -0.39 is 28.3 Å². The number of ether oxygens (including phenoxy) is 1. The summed E-state index contributed by atoms with van der Waals surface area (Å²) in [6, 6.07) is 7.50. The van der Waals surface area contributed by atoms with Gasteiger partial charge in [0.15, 0.2) is 0 Å². The molecule has 3 amide bonds. The van der Waals surface area contributed by atoms with Gasteiger partial charge in [-0.05, 0) is 29.8 Å². The molecule has 2 N–H and O–H groups in total. The van der Waals surface area contributed by atoms with Gasteiger partial charge in [-0.25, -0.2) is 4.79 Å². The van der Waals surface area contributed by atoms with Gasteiger partial charge in [-0.3, -0.25) is 14.5 Å². The topological polar surface area (TPSA) is 122 Å². The Bertz CT molecular complexity index is 1280. The molecule has 186 valence electrons. The summed E-state index contributed by atoms with van der Waals surface area (Å²) < 4.78 is 27.7. The molecule has 0 spiro atoms. The lowest BCUT2D eigenvalue weighted by Crippen LogP contribution is -2.43. The number of hydrogen-bond acceptors (Lipinski definition) is 7. The summed E-state index contributed by atoms with van der Waals surface area (Å²) in [5, 5.41) is 6.25. The molecule has 0 bridgehead atoms. The van der Waals surface area contributed by atoms with Crippen molar-refractivity contribution in [2.45, 2.75) is 19.0 Å². The number of amides is 3. The minimum absolute atomic E-state index is 0.0134. The van der Waals surface area contributed by atoms with E-state index in [1.54, 1.807) is 18.2 Å². The second-order valence-electron chi connectivity index (χ2n) is 7.43. The maximum absolute atomic E-state index is 12.6. The van der Waals surface area contributed by atoms with E-state index in [0.717, 1.165) is 16.9 Å². The quantitative estimate of drug-likeness (QED) is 0.379. The first-order valence-corrected chi connectivity index (χ1v) is 12.9. The van der Waals surface area contributed by atoms with Crippen LogP contribution in [-0.2, 0) is 21.6 Å². The molecule has 9 nitrogen and oxygen atoms in total. The van der Waals surface area contributed by atoms with Crippen molar-refractivity contribution in [1.29, 1.82) is 0 Å². The highest BCUT2D eigenvalue weighted by Crippen LogP contribution is 2.23. The summed E-state index contributed by atoms with van der Waals surface area (Å²) in [6.45, 7) is 3.59. The first kappa shape index (κ1) is 26.7. The lowest BCUT2D eigenvalue weighted by molar-refractivity contribution is 0.0916. The second kappa shape index (κ2) is 12.2. The number of nitrogens with one attached hydrogen (secondary N) is 2. The number of hydrogen-bond donors (Lipinski definition) is 2. The summed E-state index contributed by atoms with van der Waals surface area (Å²) in [7, 11) is -2.45. The average molecular weight is 558 g/mol. The normalized spacial score (nSPS) is 15.0. The lowest BCUT2D eigenvalue weighted by atomic mass is 10.2. The highest BCUT2D eigenvalue weighted by molar-refractivity contribution is 7.73. The molecule has 3 rings (SSSR count). The Kier molecular flexibility index (Phi) is 9.33. The maximum Gasteiger partial charge on any atom is 0.410 e. The number of nitrogens with zero attached hydrogens (tertiary/aromatic N) is 1. The largest absolute Gasteiger partial charge is 0.445 e. The van der Waals surface area contributed by atoms with Crippen LogP contribution >= 0.6 is 34.5 Å². The molecule has 2 heterocycles. The molecule has 0 aliphatic carbocycles. The van der Waals surface area contributed by atoms with E-state index in [4.69, 9.17) is 27.9 Å². The van der Waals surface area contributed by atoms with Crippen LogP contribution in [0.5, 0.6) is 0 Å². The Morgan fingerprint density at radius 3 is 2.43 bits per heavy atom. The van der Waals surface area contributed by atoms with Gasteiger partial charge >= 0.3 is 6.09 Å². The van der Waals surface area contributed by atoms with Crippen LogP contribution in [0.1, 0.15) is 31.3 Å². The van der Waals surface area contributed by atoms with E-state index in [2.05, 4.69) is 17.2 Å². The minimum atomic E-state index is -2.45. The van der Waals surface area contributed by atoms with Crippen LogP contribution in [0.3, 0.4) is 0 Å². The van der Waals surface area contributed by atoms with Crippen molar-refractivity contribution < 1.29 is 27.5 Å². The van der Waals surface area contributed by atoms with Gasteiger partial charge in [-0.15, -0.1) is 11.3 Å². The van der Waals surface area contributed by atoms with Gasteiger partial charge in [0.2, 0.25) is 10.3 Å².